The topological polar surface area (TPSA) is 68.4 Å². The molecule has 1 rings (SSSR count). The Morgan fingerprint density at radius 3 is 2.83 bits per heavy atom. The van der Waals surface area contributed by atoms with Crippen molar-refractivity contribution in [2.75, 3.05) is 0 Å². The largest absolute Gasteiger partial charge is 0.388 e. The molecule has 0 aliphatic heterocycles. The van der Waals surface area contributed by atoms with Crippen LogP contribution in [-0.2, 0) is 18.0 Å². The Morgan fingerprint density at radius 1 is 1.58 bits per heavy atom. The van der Waals surface area contributed by atoms with Crippen LogP contribution >= 0.6 is 0 Å². The highest BCUT2D eigenvalue weighted by Gasteiger charge is 2.05. The Morgan fingerprint density at radius 2 is 2.33 bits per heavy atom. The molecule has 0 aromatic carbocycles. The number of hydrogen-bond donors (Lipinski definition) is 1. The van der Waals surface area contributed by atoms with Crippen molar-refractivity contribution in [3.8, 4) is 0 Å². The van der Waals surface area contributed by atoms with Crippen LogP contribution < -0.4 is 0 Å². The Kier molecular flexibility index (Phi) is 3.19. The molecular formula is C7H12N2O3. The molecule has 0 unspecified atom stereocenters. The molecule has 68 valence electrons. The van der Waals surface area contributed by atoms with Crippen molar-refractivity contribution in [1.82, 2.24) is 10.1 Å². The predicted octanol–water partition coefficient (Wildman–Crippen LogP) is 0.487. The summed E-state index contributed by atoms with van der Waals surface area (Å²) in [5.74, 6) is 0.685. The molecule has 0 saturated carbocycles. The van der Waals surface area contributed by atoms with E-state index in [0.29, 0.717) is 12.5 Å². The molecule has 5 nitrogen and oxygen atoms in total. The summed E-state index contributed by atoms with van der Waals surface area (Å²) in [6.45, 7) is 3.93. The summed E-state index contributed by atoms with van der Waals surface area (Å²) in [4.78, 5) is 3.85. The average molecular weight is 172 g/mol. The summed E-state index contributed by atoms with van der Waals surface area (Å²) in [6, 6.07) is 0. The monoisotopic (exact) mass is 172 g/mol. The molecule has 0 atom stereocenters. The third kappa shape index (κ3) is 2.60. The Hall–Kier alpha value is -0.940. The Balaban J connectivity index is 2.41. The van der Waals surface area contributed by atoms with E-state index in [0.717, 1.165) is 0 Å². The van der Waals surface area contributed by atoms with E-state index in [-0.39, 0.29) is 18.5 Å². The molecule has 0 saturated heterocycles. The zero-order valence-corrected chi connectivity index (χ0v) is 7.15. The fraction of sp³-hybridized carbons (Fsp3) is 0.714. The number of aromatic nitrogens is 2. The number of nitrogens with zero attached hydrogens (tertiary/aromatic N) is 2. The van der Waals surface area contributed by atoms with Crippen molar-refractivity contribution in [2.45, 2.75) is 33.2 Å². The first-order valence-corrected chi connectivity index (χ1v) is 3.76. The summed E-state index contributed by atoms with van der Waals surface area (Å²) < 4.78 is 9.97. The molecule has 1 aromatic rings. The van der Waals surface area contributed by atoms with Crippen molar-refractivity contribution >= 4 is 0 Å². The van der Waals surface area contributed by atoms with E-state index in [9.17, 15) is 0 Å². The van der Waals surface area contributed by atoms with Crippen LogP contribution in [0.3, 0.4) is 0 Å². The van der Waals surface area contributed by atoms with Gasteiger partial charge >= 0.3 is 0 Å². The molecule has 0 aliphatic carbocycles. The van der Waals surface area contributed by atoms with E-state index >= 15 is 0 Å². The second-order valence-corrected chi connectivity index (χ2v) is 2.62. The lowest BCUT2D eigenvalue weighted by Gasteiger charge is -2.02. The number of ether oxygens (including phenoxy) is 1. The highest BCUT2D eigenvalue weighted by molar-refractivity contribution is 4.81. The minimum absolute atomic E-state index is 0.134. The van der Waals surface area contributed by atoms with Crippen LogP contribution in [-0.4, -0.2) is 21.4 Å². The van der Waals surface area contributed by atoms with Gasteiger partial charge in [-0.15, -0.1) is 0 Å². The van der Waals surface area contributed by atoms with Gasteiger partial charge in [0.05, 0.1) is 6.10 Å². The summed E-state index contributed by atoms with van der Waals surface area (Å²) in [7, 11) is 0. The molecule has 0 radical (unpaired) electrons. The molecule has 0 spiro atoms. The van der Waals surface area contributed by atoms with Gasteiger partial charge < -0.3 is 14.4 Å². The van der Waals surface area contributed by atoms with Gasteiger partial charge in [0.2, 0.25) is 0 Å². The van der Waals surface area contributed by atoms with Crippen LogP contribution in [0.15, 0.2) is 4.52 Å². The van der Waals surface area contributed by atoms with Crippen LogP contribution in [0.2, 0.25) is 0 Å². The maximum Gasteiger partial charge on any atom is 0.252 e. The molecular weight excluding hydrogens is 160 g/mol. The maximum absolute atomic E-state index is 8.60. The van der Waals surface area contributed by atoms with Crippen molar-refractivity contribution in [2.24, 2.45) is 0 Å². The van der Waals surface area contributed by atoms with Crippen molar-refractivity contribution in [3.05, 3.63) is 11.7 Å². The third-order valence-electron chi connectivity index (χ3n) is 1.19. The molecule has 0 amide bonds. The van der Waals surface area contributed by atoms with Gasteiger partial charge in [-0.25, -0.2) is 0 Å². The smallest absolute Gasteiger partial charge is 0.252 e. The standard InChI is InChI=1S/C7H12N2O3/c1-5(2)11-4-7-8-6(3-10)9-12-7/h5,10H,3-4H2,1-2H3. The van der Waals surface area contributed by atoms with Gasteiger partial charge in [-0.1, -0.05) is 5.16 Å². The molecule has 0 bridgehead atoms. The normalized spacial score (nSPS) is 11.0. The number of hydrogen-bond acceptors (Lipinski definition) is 5. The number of rotatable bonds is 4. The van der Waals surface area contributed by atoms with E-state index in [4.69, 9.17) is 14.4 Å². The second kappa shape index (κ2) is 4.18. The van der Waals surface area contributed by atoms with Crippen LogP contribution in [0.25, 0.3) is 0 Å². The van der Waals surface area contributed by atoms with E-state index in [1.54, 1.807) is 0 Å². The van der Waals surface area contributed by atoms with Gasteiger partial charge in [0.15, 0.2) is 5.82 Å². The van der Waals surface area contributed by atoms with Gasteiger partial charge in [-0.2, -0.15) is 4.98 Å². The van der Waals surface area contributed by atoms with Crippen LogP contribution in [0.4, 0.5) is 0 Å². The Bertz CT molecular complexity index is 234. The van der Waals surface area contributed by atoms with E-state index in [1.807, 2.05) is 13.8 Å². The molecule has 1 heterocycles. The highest BCUT2D eigenvalue weighted by Crippen LogP contribution is 2.01. The lowest BCUT2D eigenvalue weighted by molar-refractivity contribution is 0.0485. The van der Waals surface area contributed by atoms with Gasteiger partial charge in [0.25, 0.3) is 5.89 Å². The molecule has 1 aromatic heterocycles. The van der Waals surface area contributed by atoms with Crippen molar-refractivity contribution < 1.29 is 14.4 Å². The van der Waals surface area contributed by atoms with Crippen LogP contribution in [0.1, 0.15) is 25.6 Å². The zero-order valence-electron chi connectivity index (χ0n) is 7.15. The van der Waals surface area contributed by atoms with Crippen LogP contribution in [0, 0.1) is 0 Å². The van der Waals surface area contributed by atoms with Crippen molar-refractivity contribution in [1.29, 1.82) is 0 Å². The average Bonchev–Trinajstić information content (AvgIpc) is 2.48. The lowest BCUT2D eigenvalue weighted by Crippen LogP contribution is -2.02. The number of aliphatic hydroxyl groups is 1. The molecule has 1 N–H and O–H groups in total. The fourth-order valence-electron chi connectivity index (χ4n) is 0.651. The van der Waals surface area contributed by atoms with Gasteiger partial charge in [-0.3, -0.25) is 0 Å². The van der Waals surface area contributed by atoms with Crippen LogP contribution in [0.5, 0.6) is 0 Å². The summed E-state index contributed by atoms with van der Waals surface area (Å²) >= 11 is 0. The maximum atomic E-state index is 8.60. The molecule has 12 heavy (non-hydrogen) atoms. The minimum Gasteiger partial charge on any atom is -0.388 e. The van der Waals surface area contributed by atoms with Gasteiger partial charge in [-0.05, 0) is 13.8 Å². The summed E-state index contributed by atoms with van der Waals surface area (Å²) in [6.07, 6.45) is 0.134. The summed E-state index contributed by atoms with van der Waals surface area (Å²) in [5, 5.41) is 12.1. The lowest BCUT2D eigenvalue weighted by atomic mass is 10.5. The third-order valence-corrected chi connectivity index (χ3v) is 1.19. The van der Waals surface area contributed by atoms with E-state index < -0.39 is 0 Å². The van der Waals surface area contributed by atoms with E-state index in [2.05, 4.69) is 10.1 Å². The quantitative estimate of drug-likeness (QED) is 0.715. The molecule has 0 fully saturated rings. The number of aliphatic hydroxyl groups excluding tert-OH is 1. The van der Waals surface area contributed by atoms with Gasteiger partial charge in [0.1, 0.15) is 13.2 Å². The second-order valence-electron chi connectivity index (χ2n) is 2.62. The first kappa shape index (κ1) is 9.15. The molecule has 5 heteroatoms. The SMILES string of the molecule is CC(C)OCc1nc(CO)no1. The molecule has 0 aliphatic rings. The van der Waals surface area contributed by atoms with E-state index in [1.165, 1.54) is 0 Å². The Labute approximate surface area is 70.3 Å². The first-order chi connectivity index (χ1) is 5.72. The fourth-order valence-corrected chi connectivity index (χ4v) is 0.651. The zero-order chi connectivity index (χ0) is 8.97. The predicted molar refractivity (Wildman–Crippen MR) is 40.1 cm³/mol. The first-order valence-electron chi connectivity index (χ1n) is 3.76. The highest BCUT2D eigenvalue weighted by atomic mass is 16.5. The van der Waals surface area contributed by atoms with Crippen molar-refractivity contribution in [3.63, 3.8) is 0 Å². The summed E-state index contributed by atoms with van der Waals surface area (Å²) in [5.41, 5.74) is 0. The minimum atomic E-state index is -0.203. The van der Waals surface area contributed by atoms with Gasteiger partial charge in [0, 0.05) is 0 Å².